The lowest BCUT2D eigenvalue weighted by Gasteiger charge is -2.36. The number of amides is 1. The maximum absolute atomic E-state index is 12.8. The van der Waals surface area contributed by atoms with Crippen molar-refractivity contribution < 1.29 is 14.6 Å². The van der Waals surface area contributed by atoms with Gasteiger partial charge in [-0.05, 0) is 48.9 Å². The van der Waals surface area contributed by atoms with Crippen LogP contribution in [-0.2, 0) is 16.0 Å². The number of pyridine rings is 1. The Balaban J connectivity index is 1.75. The molecular formula is C21H26N2O3. The van der Waals surface area contributed by atoms with Crippen molar-refractivity contribution in [2.75, 3.05) is 19.8 Å². The number of nitrogens with zero attached hydrogens (tertiary/aromatic N) is 1. The highest BCUT2D eigenvalue weighted by molar-refractivity contribution is 5.83. The second-order valence-electron chi connectivity index (χ2n) is 7.07. The van der Waals surface area contributed by atoms with Gasteiger partial charge in [0.1, 0.15) is 0 Å². The molecular weight excluding hydrogens is 328 g/mol. The Bertz CT molecular complexity index is 708. The largest absolute Gasteiger partial charge is 0.392 e. The number of aliphatic hydroxyl groups is 1. The zero-order valence-electron chi connectivity index (χ0n) is 15.1. The van der Waals surface area contributed by atoms with Gasteiger partial charge in [-0.3, -0.25) is 9.78 Å². The molecule has 1 atom stereocenters. The summed E-state index contributed by atoms with van der Waals surface area (Å²) in [6.45, 7) is 3.14. The summed E-state index contributed by atoms with van der Waals surface area (Å²) in [4.78, 5) is 17.0. The molecule has 5 heteroatoms. The molecule has 0 aliphatic carbocycles. The fourth-order valence-corrected chi connectivity index (χ4v) is 3.41. The predicted octanol–water partition coefficient (Wildman–Crippen LogP) is 2.58. The number of benzene rings is 1. The average Bonchev–Trinajstić information content (AvgIpc) is 2.68. The number of carbonyl (C=O) groups is 1. The molecule has 1 aromatic carbocycles. The number of carbonyl (C=O) groups excluding carboxylic acids is 1. The fraction of sp³-hybridized carbons (Fsp3) is 0.429. The van der Waals surface area contributed by atoms with E-state index in [0.717, 1.165) is 16.7 Å². The third-order valence-electron chi connectivity index (χ3n) is 4.98. The van der Waals surface area contributed by atoms with E-state index in [9.17, 15) is 9.90 Å². The van der Waals surface area contributed by atoms with Crippen molar-refractivity contribution in [3.8, 4) is 11.1 Å². The van der Waals surface area contributed by atoms with E-state index in [0.29, 0.717) is 32.5 Å². The van der Waals surface area contributed by atoms with Crippen molar-refractivity contribution in [2.24, 2.45) is 5.41 Å². The van der Waals surface area contributed by atoms with Crippen LogP contribution in [0.2, 0.25) is 0 Å². The van der Waals surface area contributed by atoms with Gasteiger partial charge < -0.3 is 15.2 Å². The maximum Gasteiger partial charge on any atom is 0.226 e. The van der Waals surface area contributed by atoms with Crippen molar-refractivity contribution in [3.05, 3.63) is 54.4 Å². The number of hydrogen-bond donors (Lipinski definition) is 2. The summed E-state index contributed by atoms with van der Waals surface area (Å²) in [6, 6.07) is 12.3. The van der Waals surface area contributed by atoms with Crippen molar-refractivity contribution >= 4 is 5.91 Å². The molecule has 26 heavy (non-hydrogen) atoms. The molecule has 1 aromatic heterocycles. The Morgan fingerprint density at radius 2 is 1.96 bits per heavy atom. The molecule has 0 spiro atoms. The molecule has 1 fully saturated rings. The van der Waals surface area contributed by atoms with E-state index in [-0.39, 0.29) is 12.5 Å². The molecule has 1 saturated heterocycles. The average molecular weight is 354 g/mol. The van der Waals surface area contributed by atoms with Crippen LogP contribution in [0.3, 0.4) is 0 Å². The lowest BCUT2D eigenvalue weighted by Crippen LogP contribution is -2.47. The standard InChI is InChI=1S/C21H26N2O3/c1-16(24)14-23-20(25)21(8-11-26-12-9-21)13-17-4-6-18(7-5-17)19-3-2-10-22-15-19/h2-7,10,15-16,24H,8-9,11-14H2,1H3,(H,23,25). The molecule has 138 valence electrons. The summed E-state index contributed by atoms with van der Waals surface area (Å²) >= 11 is 0. The number of nitrogens with one attached hydrogen (secondary N) is 1. The maximum atomic E-state index is 12.8. The monoisotopic (exact) mass is 354 g/mol. The van der Waals surface area contributed by atoms with Gasteiger partial charge in [0.2, 0.25) is 5.91 Å². The van der Waals surface area contributed by atoms with Crippen molar-refractivity contribution in [3.63, 3.8) is 0 Å². The van der Waals surface area contributed by atoms with Gasteiger partial charge in [-0.15, -0.1) is 0 Å². The Morgan fingerprint density at radius 1 is 1.23 bits per heavy atom. The number of rotatable bonds is 6. The van der Waals surface area contributed by atoms with Crippen molar-refractivity contribution in [1.82, 2.24) is 10.3 Å². The summed E-state index contributed by atoms with van der Waals surface area (Å²) in [7, 11) is 0. The minimum Gasteiger partial charge on any atom is -0.392 e. The SMILES string of the molecule is CC(O)CNC(=O)C1(Cc2ccc(-c3cccnc3)cc2)CCOCC1. The lowest BCUT2D eigenvalue weighted by molar-refractivity contribution is -0.137. The van der Waals surface area contributed by atoms with E-state index in [1.807, 2.05) is 18.3 Å². The predicted molar refractivity (Wildman–Crippen MR) is 101 cm³/mol. The Kier molecular flexibility index (Phi) is 6.01. The minimum atomic E-state index is -0.547. The Morgan fingerprint density at radius 3 is 2.58 bits per heavy atom. The summed E-state index contributed by atoms with van der Waals surface area (Å²) in [5.41, 5.74) is 2.85. The van der Waals surface area contributed by atoms with Crippen LogP contribution in [0.4, 0.5) is 0 Å². The molecule has 2 N–H and O–H groups in total. The van der Waals surface area contributed by atoms with Gasteiger partial charge in [0, 0.05) is 32.2 Å². The topological polar surface area (TPSA) is 71.5 Å². The molecule has 2 heterocycles. The Hall–Kier alpha value is -2.24. The highest BCUT2D eigenvalue weighted by Gasteiger charge is 2.40. The summed E-state index contributed by atoms with van der Waals surface area (Å²) in [5.74, 6) is 0.0121. The second-order valence-corrected chi connectivity index (χ2v) is 7.07. The number of ether oxygens (including phenoxy) is 1. The van der Waals surface area contributed by atoms with Crippen LogP contribution >= 0.6 is 0 Å². The molecule has 0 saturated carbocycles. The first-order valence-electron chi connectivity index (χ1n) is 9.12. The van der Waals surface area contributed by atoms with E-state index in [1.165, 1.54) is 0 Å². The van der Waals surface area contributed by atoms with Crippen LogP contribution in [-0.4, -0.2) is 41.9 Å². The highest BCUT2D eigenvalue weighted by Crippen LogP contribution is 2.35. The Labute approximate surface area is 154 Å². The van der Waals surface area contributed by atoms with Crippen LogP contribution in [0, 0.1) is 5.41 Å². The molecule has 1 aliphatic heterocycles. The van der Waals surface area contributed by atoms with E-state index >= 15 is 0 Å². The van der Waals surface area contributed by atoms with E-state index in [2.05, 4.69) is 34.6 Å². The smallest absolute Gasteiger partial charge is 0.226 e. The second kappa shape index (κ2) is 8.43. The number of hydrogen-bond acceptors (Lipinski definition) is 4. The van der Waals surface area contributed by atoms with Gasteiger partial charge in [0.25, 0.3) is 0 Å². The van der Waals surface area contributed by atoms with Crippen molar-refractivity contribution in [2.45, 2.75) is 32.3 Å². The van der Waals surface area contributed by atoms with Crippen LogP contribution in [0.15, 0.2) is 48.8 Å². The number of aliphatic hydroxyl groups excluding tert-OH is 1. The zero-order chi connectivity index (χ0) is 18.4. The first-order valence-corrected chi connectivity index (χ1v) is 9.12. The van der Waals surface area contributed by atoms with Crippen LogP contribution in [0.25, 0.3) is 11.1 Å². The van der Waals surface area contributed by atoms with Gasteiger partial charge in [0.05, 0.1) is 11.5 Å². The fourth-order valence-electron chi connectivity index (χ4n) is 3.41. The third-order valence-corrected chi connectivity index (χ3v) is 4.98. The van der Waals surface area contributed by atoms with E-state index < -0.39 is 11.5 Å². The van der Waals surface area contributed by atoms with Gasteiger partial charge in [-0.25, -0.2) is 0 Å². The first-order chi connectivity index (χ1) is 12.6. The molecule has 0 bridgehead atoms. The van der Waals surface area contributed by atoms with E-state index in [1.54, 1.807) is 13.1 Å². The highest BCUT2D eigenvalue weighted by atomic mass is 16.5. The summed E-state index contributed by atoms with van der Waals surface area (Å²) < 4.78 is 5.48. The van der Waals surface area contributed by atoms with E-state index in [4.69, 9.17) is 4.74 Å². The molecule has 3 rings (SSSR count). The molecule has 5 nitrogen and oxygen atoms in total. The van der Waals surface area contributed by atoms with Gasteiger partial charge in [0.15, 0.2) is 0 Å². The van der Waals surface area contributed by atoms with Crippen LogP contribution < -0.4 is 5.32 Å². The van der Waals surface area contributed by atoms with Crippen LogP contribution in [0.5, 0.6) is 0 Å². The quantitative estimate of drug-likeness (QED) is 0.836. The molecule has 1 aliphatic rings. The number of aromatic nitrogens is 1. The minimum absolute atomic E-state index is 0.0121. The van der Waals surface area contributed by atoms with Gasteiger partial charge >= 0.3 is 0 Å². The van der Waals surface area contributed by atoms with Gasteiger partial charge in [-0.2, -0.15) is 0 Å². The van der Waals surface area contributed by atoms with Crippen LogP contribution in [0.1, 0.15) is 25.3 Å². The summed E-state index contributed by atoms with van der Waals surface area (Å²) in [6.07, 6.45) is 5.13. The first kappa shape index (κ1) is 18.5. The third kappa shape index (κ3) is 4.48. The molecule has 0 radical (unpaired) electrons. The molecule has 2 aromatic rings. The molecule has 1 amide bonds. The van der Waals surface area contributed by atoms with Crippen molar-refractivity contribution in [1.29, 1.82) is 0 Å². The molecule has 1 unspecified atom stereocenters. The van der Waals surface area contributed by atoms with Gasteiger partial charge in [-0.1, -0.05) is 30.3 Å². The normalized spacial score (nSPS) is 17.5. The zero-order valence-corrected chi connectivity index (χ0v) is 15.1. The lowest BCUT2D eigenvalue weighted by atomic mass is 9.74. The summed E-state index contributed by atoms with van der Waals surface area (Å²) in [5, 5.41) is 12.4.